The SMILES string of the molecule is Cc1cc(Cl)cc(CNc2cnc3n(c2=O)[C@H](C(=O)O)CC3)c1. The summed E-state index contributed by atoms with van der Waals surface area (Å²) in [5.74, 6) is -0.484. The van der Waals surface area contributed by atoms with Crippen LogP contribution in [0.1, 0.15) is 29.4 Å². The Labute approximate surface area is 137 Å². The minimum Gasteiger partial charge on any atom is -0.480 e. The second kappa shape index (κ2) is 6.04. The molecule has 120 valence electrons. The van der Waals surface area contributed by atoms with E-state index in [9.17, 15) is 14.7 Å². The molecule has 23 heavy (non-hydrogen) atoms. The van der Waals surface area contributed by atoms with E-state index in [0.717, 1.165) is 11.1 Å². The van der Waals surface area contributed by atoms with Crippen molar-refractivity contribution in [1.82, 2.24) is 9.55 Å². The van der Waals surface area contributed by atoms with Crippen LogP contribution in [0.15, 0.2) is 29.2 Å². The summed E-state index contributed by atoms with van der Waals surface area (Å²) >= 11 is 6.02. The van der Waals surface area contributed by atoms with E-state index in [1.807, 2.05) is 25.1 Å². The van der Waals surface area contributed by atoms with Crippen LogP contribution in [0.3, 0.4) is 0 Å². The number of hydrogen-bond donors (Lipinski definition) is 2. The lowest BCUT2D eigenvalue weighted by atomic mass is 10.1. The Kier molecular flexibility index (Phi) is 4.09. The molecule has 1 aliphatic heterocycles. The standard InChI is InChI=1S/C16H16ClN3O3/c1-9-4-10(6-11(17)5-9)7-18-12-8-19-14-3-2-13(16(22)23)20(14)15(12)21/h4-6,8,13,18H,2-3,7H2,1H3,(H,22,23)/t13-/m0/s1. The first-order valence-electron chi connectivity index (χ1n) is 7.29. The summed E-state index contributed by atoms with van der Waals surface area (Å²) in [6, 6.07) is 4.81. The van der Waals surface area contributed by atoms with Gasteiger partial charge in [0.25, 0.3) is 5.56 Å². The van der Waals surface area contributed by atoms with Crippen molar-refractivity contribution >= 4 is 23.3 Å². The lowest BCUT2D eigenvalue weighted by Crippen LogP contribution is -2.30. The predicted molar refractivity (Wildman–Crippen MR) is 87.0 cm³/mol. The van der Waals surface area contributed by atoms with E-state index in [1.165, 1.54) is 10.8 Å². The molecule has 1 aliphatic rings. The maximum atomic E-state index is 12.5. The number of halogens is 1. The predicted octanol–water partition coefficient (Wildman–Crippen LogP) is 2.39. The Balaban J connectivity index is 1.86. The van der Waals surface area contributed by atoms with Crippen molar-refractivity contribution in [3.63, 3.8) is 0 Å². The molecule has 0 spiro atoms. The molecule has 2 aromatic rings. The van der Waals surface area contributed by atoms with Gasteiger partial charge in [0.2, 0.25) is 0 Å². The summed E-state index contributed by atoms with van der Waals surface area (Å²) in [5.41, 5.74) is 1.91. The van der Waals surface area contributed by atoms with Crippen molar-refractivity contribution < 1.29 is 9.90 Å². The molecule has 0 fully saturated rings. The van der Waals surface area contributed by atoms with Crippen LogP contribution in [-0.2, 0) is 17.8 Å². The van der Waals surface area contributed by atoms with Crippen LogP contribution in [-0.4, -0.2) is 20.6 Å². The molecule has 0 aliphatic carbocycles. The number of nitrogens with zero attached hydrogens (tertiary/aromatic N) is 2. The van der Waals surface area contributed by atoms with E-state index in [4.69, 9.17) is 11.6 Å². The number of carbonyl (C=O) groups is 1. The number of aryl methyl sites for hydroxylation is 2. The second-order valence-electron chi connectivity index (χ2n) is 5.65. The van der Waals surface area contributed by atoms with Gasteiger partial charge in [-0.1, -0.05) is 17.7 Å². The van der Waals surface area contributed by atoms with Gasteiger partial charge in [-0.3, -0.25) is 9.36 Å². The molecule has 0 saturated heterocycles. The molecule has 0 radical (unpaired) electrons. The van der Waals surface area contributed by atoms with Crippen LogP contribution in [0.5, 0.6) is 0 Å². The fourth-order valence-corrected chi connectivity index (χ4v) is 3.18. The van der Waals surface area contributed by atoms with Gasteiger partial charge in [0, 0.05) is 18.0 Å². The molecule has 1 aromatic heterocycles. The largest absolute Gasteiger partial charge is 0.480 e. The molecular weight excluding hydrogens is 318 g/mol. The van der Waals surface area contributed by atoms with Crippen LogP contribution < -0.4 is 10.9 Å². The first-order chi connectivity index (χ1) is 11.0. The molecule has 7 heteroatoms. The number of anilines is 1. The lowest BCUT2D eigenvalue weighted by molar-refractivity contribution is -0.140. The van der Waals surface area contributed by atoms with E-state index in [-0.39, 0.29) is 5.56 Å². The molecule has 0 bridgehead atoms. The number of carboxylic acid groups (broad SMARTS) is 1. The Morgan fingerprint density at radius 2 is 2.26 bits per heavy atom. The van der Waals surface area contributed by atoms with Crippen LogP contribution in [0, 0.1) is 6.92 Å². The molecule has 2 heterocycles. The summed E-state index contributed by atoms with van der Waals surface area (Å²) in [4.78, 5) is 28.0. The third-order valence-corrected chi connectivity index (χ3v) is 4.11. The Morgan fingerprint density at radius 3 is 2.96 bits per heavy atom. The van der Waals surface area contributed by atoms with Gasteiger partial charge in [0.05, 0.1) is 6.20 Å². The van der Waals surface area contributed by atoms with Crippen molar-refractivity contribution in [2.75, 3.05) is 5.32 Å². The van der Waals surface area contributed by atoms with Gasteiger partial charge in [0.15, 0.2) is 0 Å². The number of carboxylic acids is 1. The van der Waals surface area contributed by atoms with E-state index in [2.05, 4.69) is 10.3 Å². The Morgan fingerprint density at radius 1 is 1.48 bits per heavy atom. The molecule has 1 aromatic carbocycles. The third-order valence-electron chi connectivity index (χ3n) is 3.89. The molecule has 0 unspecified atom stereocenters. The summed E-state index contributed by atoms with van der Waals surface area (Å²) < 4.78 is 1.27. The zero-order valence-corrected chi connectivity index (χ0v) is 13.3. The molecule has 1 atom stereocenters. The zero-order chi connectivity index (χ0) is 16.6. The van der Waals surface area contributed by atoms with Gasteiger partial charge < -0.3 is 10.4 Å². The van der Waals surface area contributed by atoms with Gasteiger partial charge in [-0.25, -0.2) is 9.78 Å². The minimum atomic E-state index is -1.00. The van der Waals surface area contributed by atoms with E-state index in [0.29, 0.717) is 35.9 Å². The van der Waals surface area contributed by atoms with Crippen LogP contribution in [0.4, 0.5) is 5.69 Å². The fourth-order valence-electron chi connectivity index (χ4n) is 2.87. The maximum Gasteiger partial charge on any atom is 0.326 e. The Bertz CT molecular complexity index is 812. The third kappa shape index (κ3) is 3.07. The van der Waals surface area contributed by atoms with Gasteiger partial charge >= 0.3 is 5.97 Å². The monoisotopic (exact) mass is 333 g/mol. The van der Waals surface area contributed by atoms with E-state index in [1.54, 1.807) is 0 Å². The first kappa shape index (κ1) is 15.6. The number of nitrogens with one attached hydrogen (secondary N) is 1. The minimum absolute atomic E-state index is 0.291. The smallest absolute Gasteiger partial charge is 0.326 e. The zero-order valence-electron chi connectivity index (χ0n) is 12.5. The van der Waals surface area contributed by atoms with Crippen molar-refractivity contribution in [3.8, 4) is 0 Å². The number of aliphatic carboxylic acids is 1. The van der Waals surface area contributed by atoms with Crippen LogP contribution in [0.2, 0.25) is 5.02 Å². The van der Waals surface area contributed by atoms with Crippen molar-refractivity contribution in [2.45, 2.75) is 32.4 Å². The molecule has 0 saturated carbocycles. The topological polar surface area (TPSA) is 84.2 Å². The number of rotatable bonds is 4. The highest BCUT2D eigenvalue weighted by molar-refractivity contribution is 6.30. The van der Waals surface area contributed by atoms with E-state index < -0.39 is 12.0 Å². The van der Waals surface area contributed by atoms with E-state index >= 15 is 0 Å². The highest BCUT2D eigenvalue weighted by Gasteiger charge is 2.30. The molecule has 2 N–H and O–H groups in total. The Hall–Kier alpha value is -2.34. The van der Waals surface area contributed by atoms with Crippen LogP contribution >= 0.6 is 11.6 Å². The van der Waals surface area contributed by atoms with Crippen LogP contribution in [0.25, 0.3) is 0 Å². The highest BCUT2D eigenvalue weighted by Crippen LogP contribution is 2.23. The number of hydrogen-bond acceptors (Lipinski definition) is 4. The van der Waals surface area contributed by atoms with Gasteiger partial charge in [-0.15, -0.1) is 0 Å². The molecular formula is C16H16ClN3O3. The lowest BCUT2D eigenvalue weighted by Gasteiger charge is -2.12. The van der Waals surface area contributed by atoms with Gasteiger partial charge in [0.1, 0.15) is 17.6 Å². The average Bonchev–Trinajstić information content (AvgIpc) is 2.90. The maximum absolute atomic E-state index is 12.5. The summed E-state index contributed by atoms with van der Waals surface area (Å²) in [7, 11) is 0. The quantitative estimate of drug-likeness (QED) is 0.897. The van der Waals surface area contributed by atoms with Crippen molar-refractivity contribution in [2.24, 2.45) is 0 Å². The van der Waals surface area contributed by atoms with Gasteiger partial charge in [-0.05, 0) is 36.6 Å². The molecule has 3 rings (SSSR count). The normalized spacial score (nSPS) is 16.2. The average molecular weight is 334 g/mol. The van der Waals surface area contributed by atoms with Gasteiger partial charge in [-0.2, -0.15) is 0 Å². The van der Waals surface area contributed by atoms with Crippen molar-refractivity contribution in [3.05, 3.63) is 56.7 Å². The number of benzene rings is 1. The second-order valence-corrected chi connectivity index (χ2v) is 6.08. The summed E-state index contributed by atoms with van der Waals surface area (Å²) in [6.45, 7) is 2.36. The summed E-state index contributed by atoms with van der Waals surface area (Å²) in [5, 5.41) is 12.9. The van der Waals surface area contributed by atoms with Crippen molar-refractivity contribution in [1.29, 1.82) is 0 Å². The number of aromatic nitrogens is 2. The first-order valence-corrected chi connectivity index (χ1v) is 7.66. The highest BCUT2D eigenvalue weighted by atomic mass is 35.5. The summed E-state index contributed by atoms with van der Waals surface area (Å²) in [6.07, 6.45) is 2.37. The number of fused-ring (bicyclic) bond motifs is 1. The fraction of sp³-hybridized carbons (Fsp3) is 0.312. The molecule has 0 amide bonds. The molecule has 6 nitrogen and oxygen atoms in total.